The minimum Gasteiger partial charge on any atom is -0.270 e. The van der Waals surface area contributed by atoms with Crippen molar-refractivity contribution in [3.63, 3.8) is 0 Å². The van der Waals surface area contributed by atoms with E-state index in [-0.39, 0.29) is 10.6 Å². The molecule has 2 aromatic rings. The number of benzene rings is 1. The van der Waals surface area contributed by atoms with Crippen LogP contribution < -0.4 is 4.31 Å². The van der Waals surface area contributed by atoms with Crippen molar-refractivity contribution in [3.8, 4) is 0 Å². The summed E-state index contributed by atoms with van der Waals surface area (Å²) in [5, 5.41) is 3.92. The smallest absolute Gasteiger partial charge is 0.267 e. The number of anilines is 1. The van der Waals surface area contributed by atoms with Gasteiger partial charge in [-0.3, -0.25) is 8.99 Å². The molecule has 0 unspecified atom stereocenters. The van der Waals surface area contributed by atoms with Crippen LogP contribution in [-0.4, -0.2) is 31.1 Å². The minimum atomic E-state index is -3.77. The number of sulfonamides is 1. The molecule has 0 spiro atoms. The van der Waals surface area contributed by atoms with Gasteiger partial charge in [0.05, 0.1) is 18.4 Å². The summed E-state index contributed by atoms with van der Waals surface area (Å²) in [6, 6.07) is 5.38. The van der Waals surface area contributed by atoms with E-state index in [0.717, 1.165) is 10.4 Å². The van der Waals surface area contributed by atoms with Crippen molar-refractivity contribution in [2.45, 2.75) is 11.4 Å². The number of hydrogen-bond donors (Lipinski definition) is 0. The van der Waals surface area contributed by atoms with Crippen molar-refractivity contribution < 1.29 is 12.8 Å². The first-order valence-electron chi connectivity index (χ1n) is 5.78. The van der Waals surface area contributed by atoms with Crippen molar-refractivity contribution in [3.05, 3.63) is 42.5 Å². The Hall–Kier alpha value is -1.60. The monoisotopic (exact) mass is 317 g/mol. The fourth-order valence-electron chi connectivity index (χ4n) is 1.66. The first kappa shape index (κ1) is 14.8. The minimum absolute atomic E-state index is 0.0365. The van der Waals surface area contributed by atoms with Crippen molar-refractivity contribution >= 4 is 27.3 Å². The van der Waals surface area contributed by atoms with E-state index < -0.39 is 15.8 Å². The highest BCUT2D eigenvalue weighted by molar-refractivity contribution is 7.92. The fourth-order valence-corrected chi connectivity index (χ4v) is 2.97. The highest BCUT2D eigenvalue weighted by atomic mass is 35.5. The third kappa shape index (κ3) is 2.94. The molecule has 0 aliphatic rings. The molecule has 2 rings (SSSR count). The molecule has 0 saturated carbocycles. The number of aryl methyl sites for hydroxylation is 1. The molecule has 0 aliphatic carbocycles. The molecule has 1 aromatic heterocycles. The molecule has 0 saturated heterocycles. The van der Waals surface area contributed by atoms with Gasteiger partial charge in [-0.15, -0.1) is 11.6 Å². The summed E-state index contributed by atoms with van der Waals surface area (Å²) in [4.78, 5) is 0.0365. The van der Waals surface area contributed by atoms with E-state index >= 15 is 0 Å². The predicted octanol–water partition coefficient (Wildman–Crippen LogP) is 2.09. The Bertz CT molecular complexity index is 702. The Balaban J connectivity index is 2.33. The molecule has 0 amide bonds. The number of alkyl halides is 1. The molecule has 0 N–H and O–H groups in total. The van der Waals surface area contributed by atoms with E-state index in [2.05, 4.69) is 5.10 Å². The lowest BCUT2D eigenvalue weighted by Crippen LogP contribution is -2.26. The second-order valence-electron chi connectivity index (χ2n) is 4.08. The van der Waals surface area contributed by atoms with Crippen molar-refractivity contribution in [2.24, 2.45) is 0 Å². The van der Waals surface area contributed by atoms with Gasteiger partial charge in [-0.1, -0.05) is 6.07 Å². The van der Waals surface area contributed by atoms with Crippen LogP contribution in [0, 0.1) is 5.82 Å². The van der Waals surface area contributed by atoms with Crippen LogP contribution in [0.4, 0.5) is 10.1 Å². The Morgan fingerprint density at radius 2 is 2.20 bits per heavy atom. The second-order valence-corrected chi connectivity index (χ2v) is 6.43. The lowest BCUT2D eigenvalue weighted by Gasteiger charge is -2.18. The number of hydrogen-bond acceptors (Lipinski definition) is 3. The van der Waals surface area contributed by atoms with Crippen LogP contribution in [0.15, 0.2) is 41.6 Å². The zero-order valence-electron chi connectivity index (χ0n) is 10.7. The van der Waals surface area contributed by atoms with Crippen molar-refractivity contribution in [1.29, 1.82) is 0 Å². The van der Waals surface area contributed by atoms with Gasteiger partial charge in [0.1, 0.15) is 10.7 Å². The number of rotatable bonds is 5. The normalized spacial score (nSPS) is 11.6. The predicted molar refractivity (Wildman–Crippen MR) is 74.9 cm³/mol. The molecule has 5 nitrogen and oxygen atoms in total. The molecule has 108 valence electrons. The van der Waals surface area contributed by atoms with Crippen LogP contribution in [0.25, 0.3) is 0 Å². The highest BCUT2D eigenvalue weighted by Crippen LogP contribution is 2.22. The highest BCUT2D eigenvalue weighted by Gasteiger charge is 2.23. The lowest BCUT2D eigenvalue weighted by molar-refractivity contribution is 0.593. The van der Waals surface area contributed by atoms with Gasteiger partial charge in [-0.25, -0.2) is 12.8 Å². The first-order chi connectivity index (χ1) is 9.45. The Morgan fingerprint density at radius 3 is 2.85 bits per heavy atom. The van der Waals surface area contributed by atoms with Gasteiger partial charge in [0, 0.05) is 19.1 Å². The number of nitrogens with zero attached hydrogens (tertiary/aromatic N) is 3. The summed E-state index contributed by atoms with van der Waals surface area (Å²) < 4.78 is 40.4. The van der Waals surface area contributed by atoms with Gasteiger partial charge in [0.25, 0.3) is 10.0 Å². The molecule has 0 bridgehead atoms. The number of aromatic nitrogens is 2. The summed E-state index contributed by atoms with van der Waals surface area (Å²) >= 11 is 5.57. The van der Waals surface area contributed by atoms with Crippen LogP contribution in [0.3, 0.4) is 0 Å². The molecule has 1 heterocycles. The summed E-state index contributed by atoms with van der Waals surface area (Å²) in [5.74, 6) is -0.164. The maximum atomic E-state index is 13.2. The third-order valence-electron chi connectivity index (χ3n) is 2.75. The van der Waals surface area contributed by atoms with Crippen molar-refractivity contribution in [1.82, 2.24) is 9.78 Å². The Morgan fingerprint density at radius 1 is 1.45 bits per heavy atom. The lowest BCUT2D eigenvalue weighted by atomic mass is 10.3. The summed E-state index contributed by atoms with van der Waals surface area (Å²) in [7, 11) is -2.40. The van der Waals surface area contributed by atoms with E-state index in [1.54, 1.807) is 0 Å². The third-order valence-corrected chi connectivity index (χ3v) is 4.66. The van der Waals surface area contributed by atoms with Gasteiger partial charge in [0.15, 0.2) is 0 Å². The van der Waals surface area contributed by atoms with Gasteiger partial charge >= 0.3 is 0 Å². The Kier molecular flexibility index (Phi) is 4.29. The molecule has 0 atom stereocenters. The van der Waals surface area contributed by atoms with Gasteiger partial charge in [-0.05, 0) is 18.2 Å². The second kappa shape index (κ2) is 5.80. The van der Waals surface area contributed by atoms with Crippen molar-refractivity contribution in [2.75, 3.05) is 17.2 Å². The van der Waals surface area contributed by atoms with Gasteiger partial charge in [-0.2, -0.15) is 5.10 Å². The molecule has 0 aliphatic heterocycles. The molecular formula is C12H13ClFN3O2S. The SMILES string of the molecule is CN(c1cccc(F)c1)S(=O)(=O)c1cnn(CCCl)c1. The average Bonchev–Trinajstić information content (AvgIpc) is 2.87. The van der Waals surface area contributed by atoms with E-state index in [9.17, 15) is 12.8 Å². The quantitative estimate of drug-likeness (QED) is 0.793. The van der Waals surface area contributed by atoms with Crippen LogP contribution in [-0.2, 0) is 16.6 Å². The zero-order chi connectivity index (χ0) is 14.8. The average molecular weight is 318 g/mol. The summed E-state index contributed by atoms with van der Waals surface area (Å²) in [6.07, 6.45) is 2.64. The molecule has 20 heavy (non-hydrogen) atoms. The van der Waals surface area contributed by atoms with E-state index in [0.29, 0.717) is 12.4 Å². The number of halogens is 2. The van der Waals surface area contributed by atoms with Gasteiger partial charge in [0.2, 0.25) is 0 Å². The standard InChI is InChI=1S/C12H13ClFN3O2S/c1-16(11-4-2-3-10(14)7-11)20(18,19)12-8-15-17(9-12)6-5-13/h2-4,7-9H,5-6H2,1H3. The molecule has 1 aromatic carbocycles. The summed E-state index contributed by atoms with van der Waals surface area (Å²) in [6.45, 7) is 0.417. The van der Waals surface area contributed by atoms with Crippen LogP contribution in [0.1, 0.15) is 0 Å². The molecule has 8 heteroatoms. The van der Waals surface area contributed by atoms with Crippen LogP contribution in [0.5, 0.6) is 0 Å². The molecular weight excluding hydrogens is 305 g/mol. The van der Waals surface area contributed by atoms with Crippen LogP contribution >= 0.6 is 11.6 Å². The maximum absolute atomic E-state index is 13.2. The Labute approximate surface area is 121 Å². The topological polar surface area (TPSA) is 55.2 Å². The first-order valence-corrected chi connectivity index (χ1v) is 7.75. The maximum Gasteiger partial charge on any atom is 0.267 e. The molecule has 0 radical (unpaired) electrons. The largest absolute Gasteiger partial charge is 0.270 e. The fraction of sp³-hybridized carbons (Fsp3) is 0.250. The van der Waals surface area contributed by atoms with E-state index in [1.807, 2.05) is 0 Å². The van der Waals surface area contributed by atoms with E-state index in [4.69, 9.17) is 11.6 Å². The summed E-state index contributed by atoms with van der Waals surface area (Å²) in [5.41, 5.74) is 0.245. The molecule has 0 fully saturated rings. The van der Waals surface area contributed by atoms with Crippen LogP contribution in [0.2, 0.25) is 0 Å². The van der Waals surface area contributed by atoms with E-state index in [1.165, 1.54) is 42.3 Å². The zero-order valence-corrected chi connectivity index (χ0v) is 12.3. The van der Waals surface area contributed by atoms with Gasteiger partial charge < -0.3 is 0 Å².